The predicted molar refractivity (Wildman–Crippen MR) is 100 cm³/mol. The zero-order chi connectivity index (χ0) is 19.1. The summed E-state index contributed by atoms with van der Waals surface area (Å²) in [6.45, 7) is 5.25. The highest BCUT2D eigenvalue weighted by Gasteiger charge is 2.32. The van der Waals surface area contributed by atoms with E-state index in [2.05, 4.69) is 0 Å². The van der Waals surface area contributed by atoms with E-state index < -0.39 is 17.9 Å². The van der Waals surface area contributed by atoms with Crippen molar-refractivity contribution >= 4 is 5.97 Å². The highest BCUT2D eigenvalue weighted by Crippen LogP contribution is 2.44. The number of ether oxygens (including phenoxy) is 2. The molecule has 1 unspecified atom stereocenters. The number of benzene rings is 2. The summed E-state index contributed by atoms with van der Waals surface area (Å²) < 4.78 is 17.0. The van der Waals surface area contributed by atoms with Crippen molar-refractivity contribution in [3.05, 3.63) is 75.6 Å². The van der Waals surface area contributed by atoms with Gasteiger partial charge in [-0.05, 0) is 48.7 Å². The molecular weight excluding hydrogens is 344 g/mol. The van der Waals surface area contributed by atoms with Crippen molar-refractivity contribution < 1.29 is 18.7 Å². The van der Waals surface area contributed by atoms with Gasteiger partial charge in [0.2, 0.25) is 0 Å². The molecule has 0 bridgehead atoms. The molecule has 1 aliphatic heterocycles. The number of rotatable bonds is 2. The van der Waals surface area contributed by atoms with Crippen LogP contribution in [-0.4, -0.2) is 5.97 Å². The summed E-state index contributed by atoms with van der Waals surface area (Å²) in [6, 6.07) is 14.7. The number of carbonyl (C=O) groups excluding carboxylic acids is 1. The summed E-state index contributed by atoms with van der Waals surface area (Å²) in [4.78, 5) is 24.2. The van der Waals surface area contributed by atoms with Crippen molar-refractivity contribution in [1.29, 1.82) is 0 Å². The zero-order valence-corrected chi connectivity index (χ0v) is 15.2. The lowest BCUT2D eigenvalue weighted by Gasteiger charge is -2.27. The highest BCUT2D eigenvalue weighted by atomic mass is 16.7. The van der Waals surface area contributed by atoms with E-state index in [-0.39, 0.29) is 0 Å². The van der Waals surface area contributed by atoms with Crippen LogP contribution in [0.1, 0.15) is 29.9 Å². The molecule has 0 saturated carbocycles. The summed E-state index contributed by atoms with van der Waals surface area (Å²) in [6.07, 6.45) is -0.973. The highest BCUT2D eigenvalue weighted by molar-refractivity contribution is 5.76. The molecule has 5 nitrogen and oxygen atoms in total. The van der Waals surface area contributed by atoms with E-state index in [1.807, 2.05) is 56.3 Å². The van der Waals surface area contributed by atoms with Crippen LogP contribution in [-0.2, 0) is 9.53 Å². The molecule has 0 spiro atoms. The zero-order valence-electron chi connectivity index (χ0n) is 15.2. The second kappa shape index (κ2) is 6.43. The molecule has 0 aliphatic carbocycles. The molecule has 5 heteroatoms. The van der Waals surface area contributed by atoms with Gasteiger partial charge in [-0.25, -0.2) is 4.79 Å². The molecule has 0 fully saturated rings. The molecule has 4 rings (SSSR count). The maximum atomic E-state index is 12.7. The SMILES string of the molecule is CC(=O)OC1Oc2cc(C)c(C)cc2-c2oc(=O)c(-c3ccccc3)cc21. The van der Waals surface area contributed by atoms with Gasteiger partial charge in [0.25, 0.3) is 6.29 Å². The number of aryl methyl sites for hydroxylation is 2. The van der Waals surface area contributed by atoms with Crippen LogP contribution < -0.4 is 10.4 Å². The van der Waals surface area contributed by atoms with Crippen LogP contribution in [0.4, 0.5) is 0 Å². The van der Waals surface area contributed by atoms with Gasteiger partial charge in [0.05, 0.1) is 16.7 Å². The fourth-order valence-corrected chi connectivity index (χ4v) is 3.17. The first-order chi connectivity index (χ1) is 12.9. The molecule has 2 heterocycles. The Labute approximate surface area is 156 Å². The second-order valence-corrected chi connectivity index (χ2v) is 6.59. The smallest absolute Gasteiger partial charge is 0.344 e. The maximum Gasteiger partial charge on any atom is 0.344 e. The van der Waals surface area contributed by atoms with Crippen molar-refractivity contribution in [2.75, 3.05) is 0 Å². The van der Waals surface area contributed by atoms with E-state index in [9.17, 15) is 9.59 Å². The molecule has 0 N–H and O–H groups in total. The summed E-state index contributed by atoms with van der Waals surface area (Å²) in [5.41, 5.74) is 3.93. The summed E-state index contributed by atoms with van der Waals surface area (Å²) in [7, 11) is 0. The quantitative estimate of drug-likeness (QED) is 0.626. The minimum Gasteiger partial charge on any atom is -0.450 e. The van der Waals surface area contributed by atoms with E-state index in [1.54, 1.807) is 6.07 Å². The number of fused-ring (bicyclic) bond motifs is 3. The molecule has 0 amide bonds. The first-order valence-electron chi connectivity index (χ1n) is 8.63. The van der Waals surface area contributed by atoms with Crippen molar-refractivity contribution in [1.82, 2.24) is 0 Å². The van der Waals surface area contributed by atoms with E-state index in [1.165, 1.54) is 6.92 Å². The fraction of sp³-hybridized carbons (Fsp3) is 0.182. The first kappa shape index (κ1) is 17.1. The third-order valence-corrected chi connectivity index (χ3v) is 4.66. The van der Waals surface area contributed by atoms with E-state index >= 15 is 0 Å². The third kappa shape index (κ3) is 3.01. The van der Waals surface area contributed by atoms with Crippen LogP contribution in [0.25, 0.3) is 22.5 Å². The number of esters is 1. The Bertz CT molecular complexity index is 1100. The normalized spacial score (nSPS) is 14.7. The average molecular weight is 362 g/mol. The standard InChI is InChI=1S/C22H18O5/c1-12-9-17-19(10-13(12)2)26-22(25-14(3)23)18-11-16(21(24)27-20(17)18)15-7-5-4-6-8-15/h4-11,22H,1-3H3. The Hall–Kier alpha value is -3.34. The minimum absolute atomic E-state index is 0.371. The number of hydrogen-bond donors (Lipinski definition) is 0. The Morgan fingerprint density at radius 1 is 1.00 bits per heavy atom. The largest absolute Gasteiger partial charge is 0.450 e. The van der Waals surface area contributed by atoms with Crippen molar-refractivity contribution in [2.45, 2.75) is 27.1 Å². The number of carbonyl (C=O) groups is 1. The van der Waals surface area contributed by atoms with Gasteiger partial charge >= 0.3 is 11.6 Å². The molecule has 136 valence electrons. The third-order valence-electron chi connectivity index (χ3n) is 4.66. The van der Waals surface area contributed by atoms with Crippen molar-refractivity contribution in [2.24, 2.45) is 0 Å². The Kier molecular flexibility index (Phi) is 4.07. The Balaban J connectivity index is 1.96. The molecule has 2 aromatic carbocycles. The van der Waals surface area contributed by atoms with Crippen LogP contribution >= 0.6 is 0 Å². The predicted octanol–water partition coefficient (Wildman–Crippen LogP) is 4.54. The van der Waals surface area contributed by atoms with Gasteiger partial charge in [-0.3, -0.25) is 4.79 Å². The topological polar surface area (TPSA) is 65.7 Å². The van der Waals surface area contributed by atoms with Gasteiger partial charge in [-0.15, -0.1) is 0 Å². The minimum atomic E-state index is -0.973. The lowest BCUT2D eigenvalue weighted by atomic mass is 9.96. The van der Waals surface area contributed by atoms with Crippen LogP contribution in [0.5, 0.6) is 5.75 Å². The molecule has 0 saturated heterocycles. The Morgan fingerprint density at radius 3 is 2.41 bits per heavy atom. The number of hydrogen-bond acceptors (Lipinski definition) is 5. The van der Waals surface area contributed by atoms with Crippen LogP contribution in [0.2, 0.25) is 0 Å². The van der Waals surface area contributed by atoms with Crippen molar-refractivity contribution in [3.63, 3.8) is 0 Å². The van der Waals surface area contributed by atoms with E-state index in [0.29, 0.717) is 28.2 Å². The van der Waals surface area contributed by atoms with Crippen LogP contribution in [0.15, 0.2) is 57.7 Å². The average Bonchev–Trinajstić information content (AvgIpc) is 2.63. The second-order valence-electron chi connectivity index (χ2n) is 6.59. The lowest BCUT2D eigenvalue weighted by Crippen LogP contribution is -2.21. The molecule has 1 atom stereocenters. The van der Waals surface area contributed by atoms with E-state index in [4.69, 9.17) is 13.9 Å². The fourth-order valence-electron chi connectivity index (χ4n) is 3.17. The monoisotopic (exact) mass is 362 g/mol. The maximum absolute atomic E-state index is 12.7. The van der Waals surface area contributed by atoms with Crippen LogP contribution in [0.3, 0.4) is 0 Å². The van der Waals surface area contributed by atoms with E-state index in [0.717, 1.165) is 16.7 Å². The lowest BCUT2D eigenvalue weighted by molar-refractivity contribution is -0.162. The summed E-state index contributed by atoms with van der Waals surface area (Å²) >= 11 is 0. The Morgan fingerprint density at radius 2 is 1.70 bits per heavy atom. The molecular formula is C22H18O5. The van der Waals surface area contributed by atoms with Gasteiger partial charge in [0.15, 0.2) is 5.76 Å². The van der Waals surface area contributed by atoms with Gasteiger partial charge in [-0.2, -0.15) is 0 Å². The molecule has 27 heavy (non-hydrogen) atoms. The molecule has 1 aromatic heterocycles. The summed E-state index contributed by atoms with van der Waals surface area (Å²) in [5.74, 6) is 0.411. The van der Waals surface area contributed by atoms with Gasteiger partial charge < -0.3 is 13.9 Å². The first-order valence-corrected chi connectivity index (χ1v) is 8.63. The van der Waals surface area contributed by atoms with Gasteiger partial charge in [0.1, 0.15) is 5.75 Å². The van der Waals surface area contributed by atoms with Crippen LogP contribution in [0, 0.1) is 13.8 Å². The van der Waals surface area contributed by atoms with Gasteiger partial charge in [0, 0.05) is 6.92 Å². The van der Waals surface area contributed by atoms with Crippen molar-refractivity contribution in [3.8, 4) is 28.2 Å². The van der Waals surface area contributed by atoms with Gasteiger partial charge in [-0.1, -0.05) is 30.3 Å². The summed E-state index contributed by atoms with van der Waals surface area (Å²) in [5, 5.41) is 0. The molecule has 1 aliphatic rings. The molecule has 0 radical (unpaired) electrons. The molecule has 3 aromatic rings.